The first-order valence-corrected chi connectivity index (χ1v) is 6.00. The van der Waals surface area contributed by atoms with E-state index in [2.05, 4.69) is 0 Å². The molecule has 5 heteroatoms. The fourth-order valence-corrected chi connectivity index (χ4v) is 2.72. The Balaban J connectivity index is 2.05. The fraction of sp³-hybridized carbons (Fsp3) is 0.455. The lowest BCUT2D eigenvalue weighted by Gasteiger charge is -2.28. The predicted octanol–water partition coefficient (Wildman–Crippen LogP) is 2.17. The first-order valence-electron chi connectivity index (χ1n) is 5.12. The number of thioether (sulfide) groups is 1. The van der Waals surface area contributed by atoms with Crippen LogP contribution in [0.1, 0.15) is 6.42 Å². The summed E-state index contributed by atoms with van der Waals surface area (Å²) in [6.45, 7) is 1.24. The van der Waals surface area contributed by atoms with Crippen molar-refractivity contribution in [1.82, 2.24) is 0 Å². The van der Waals surface area contributed by atoms with E-state index in [1.165, 1.54) is 17.8 Å². The van der Waals surface area contributed by atoms with Crippen LogP contribution in [-0.2, 0) is 4.74 Å². The van der Waals surface area contributed by atoms with Crippen LogP contribution in [0.4, 0.5) is 8.78 Å². The maximum atomic E-state index is 13.0. The highest BCUT2D eigenvalue weighted by atomic mass is 32.2. The highest BCUT2D eigenvalue weighted by Gasteiger charge is 2.23. The van der Waals surface area contributed by atoms with E-state index >= 15 is 0 Å². The molecule has 2 N–H and O–H groups in total. The second-order valence-electron chi connectivity index (χ2n) is 3.76. The van der Waals surface area contributed by atoms with Gasteiger partial charge in [-0.2, -0.15) is 0 Å². The predicted molar refractivity (Wildman–Crippen MR) is 59.4 cm³/mol. The molecule has 1 aliphatic heterocycles. The molecule has 2 atom stereocenters. The molecule has 2 unspecified atom stereocenters. The SMILES string of the molecule is NC1CCOCC1Sc1ccc(F)c(F)c1. The van der Waals surface area contributed by atoms with Crippen molar-refractivity contribution < 1.29 is 13.5 Å². The van der Waals surface area contributed by atoms with Crippen LogP contribution in [0.3, 0.4) is 0 Å². The first-order chi connectivity index (χ1) is 7.66. The number of ether oxygens (including phenoxy) is 1. The largest absolute Gasteiger partial charge is 0.380 e. The molecule has 1 aliphatic rings. The third-order valence-electron chi connectivity index (χ3n) is 2.53. The molecule has 0 radical (unpaired) electrons. The average Bonchev–Trinajstić information content (AvgIpc) is 2.27. The van der Waals surface area contributed by atoms with Gasteiger partial charge in [-0.05, 0) is 24.6 Å². The number of halogens is 2. The van der Waals surface area contributed by atoms with Gasteiger partial charge in [-0.3, -0.25) is 0 Å². The van der Waals surface area contributed by atoms with Gasteiger partial charge in [0.25, 0.3) is 0 Å². The van der Waals surface area contributed by atoms with Gasteiger partial charge in [0.2, 0.25) is 0 Å². The van der Waals surface area contributed by atoms with Gasteiger partial charge in [-0.1, -0.05) is 0 Å². The van der Waals surface area contributed by atoms with E-state index in [-0.39, 0.29) is 11.3 Å². The summed E-state index contributed by atoms with van der Waals surface area (Å²) in [6, 6.07) is 3.94. The van der Waals surface area contributed by atoms with Gasteiger partial charge < -0.3 is 10.5 Å². The molecule has 0 spiro atoms. The van der Waals surface area contributed by atoms with E-state index in [1.807, 2.05) is 0 Å². The molecular formula is C11H13F2NOS. The van der Waals surface area contributed by atoms with Crippen LogP contribution in [0.2, 0.25) is 0 Å². The summed E-state index contributed by atoms with van der Waals surface area (Å²) in [6.07, 6.45) is 0.807. The van der Waals surface area contributed by atoms with Crippen molar-refractivity contribution in [1.29, 1.82) is 0 Å². The van der Waals surface area contributed by atoms with Gasteiger partial charge in [0.1, 0.15) is 0 Å². The van der Waals surface area contributed by atoms with Crippen molar-refractivity contribution in [3.63, 3.8) is 0 Å². The highest BCUT2D eigenvalue weighted by molar-refractivity contribution is 8.00. The van der Waals surface area contributed by atoms with Gasteiger partial charge in [-0.25, -0.2) is 8.78 Å². The zero-order chi connectivity index (χ0) is 11.5. The van der Waals surface area contributed by atoms with Crippen LogP contribution in [0, 0.1) is 11.6 Å². The number of rotatable bonds is 2. The summed E-state index contributed by atoms with van der Waals surface area (Å²) in [5.74, 6) is -1.65. The summed E-state index contributed by atoms with van der Waals surface area (Å²) in [5.41, 5.74) is 5.93. The number of nitrogens with two attached hydrogens (primary N) is 1. The van der Waals surface area contributed by atoms with Crippen molar-refractivity contribution >= 4 is 11.8 Å². The summed E-state index contributed by atoms with van der Waals surface area (Å²) in [4.78, 5) is 0.685. The van der Waals surface area contributed by atoms with Crippen LogP contribution < -0.4 is 5.73 Å². The van der Waals surface area contributed by atoms with Gasteiger partial charge >= 0.3 is 0 Å². The molecule has 1 saturated heterocycles. The third kappa shape index (κ3) is 2.72. The topological polar surface area (TPSA) is 35.2 Å². The molecule has 1 aromatic carbocycles. The molecule has 1 aromatic rings. The van der Waals surface area contributed by atoms with E-state index in [0.717, 1.165) is 12.5 Å². The quantitative estimate of drug-likeness (QED) is 0.867. The molecule has 0 aliphatic carbocycles. The normalized spacial score (nSPS) is 25.7. The Morgan fingerprint density at radius 1 is 1.31 bits per heavy atom. The van der Waals surface area contributed by atoms with Crippen LogP contribution >= 0.6 is 11.8 Å². The second-order valence-corrected chi connectivity index (χ2v) is 5.07. The maximum Gasteiger partial charge on any atom is 0.159 e. The molecule has 16 heavy (non-hydrogen) atoms. The first kappa shape index (κ1) is 11.8. The van der Waals surface area contributed by atoms with Crippen LogP contribution in [0.15, 0.2) is 23.1 Å². The third-order valence-corrected chi connectivity index (χ3v) is 3.85. The summed E-state index contributed by atoms with van der Waals surface area (Å²) < 4.78 is 31.0. The Kier molecular flexibility index (Phi) is 3.78. The lowest BCUT2D eigenvalue weighted by Crippen LogP contribution is -2.40. The minimum Gasteiger partial charge on any atom is -0.380 e. The highest BCUT2D eigenvalue weighted by Crippen LogP contribution is 2.29. The van der Waals surface area contributed by atoms with Crippen molar-refractivity contribution in [2.45, 2.75) is 22.6 Å². The number of benzene rings is 1. The second kappa shape index (κ2) is 5.12. The molecule has 1 heterocycles. The van der Waals surface area contributed by atoms with Crippen molar-refractivity contribution in [3.05, 3.63) is 29.8 Å². The maximum absolute atomic E-state index is 13.0. The molecule has 1 fully saturated rings. The van der Waals surface area contributed by atoms with Gasteiger partial charge in [-0.15, -0.1) is 11.8 Å². The van der Waals surface area contributed by atoms with Crippen LogP contribution in [0.25, 0.3) is 0 Å². The zero-order valence-electron chi connectivity index (χ0n) is 8.66. The van der Waals surface area contributed by atoms with E-state index in [0.29, 0.717) is 18.1 Å². The molecule has 0 saturated carbocycles. The smallest absolute Gasteiger partial charge is 0.159 e. The van der Waals surface area contributed by atoms with Crippen molar-refractivity contribution in [3.8, 4) is 0 Å². The van der Waals surface area contributed by atoms with Gasteiger partial charge in [0.15, 0.2) is 11.6 Å². The van der Waals surface area contributed by atoms with Crippen molar-refractivity contribution in [2.75, 3.05) is 13.2 Å². The molecule has 0 amide bonds. The fourth-order valence-electron chi connectivity index (χ4n) is 1.57. The lowest BCUT2D eigenvalue weighted by atomic mass is 10.1. The summed E-state index contributed by atoms with van der Waals surface area (Å²) >= 11 is 1.44. The van der Waals surface area contributed by atoms with E-state index < -0.39 is 11.6 Å². The Hall–Kier alpha value is -0.650. The molecule has 2 nitrogen and oxygen atoms in total. The van der Waals surface area contributed by atoms with E-state index in [9.17, 15) is 8.78 Å². The van der Waals surface area contributed by atoms with Gasteiger partial charge in [0.05, 0.1) is 6.61 Å². The standard InChI is InChI=1S/C11H13F2NOS/c12-8-2-1-7(5-9(8)13)16-11-6-15-4-3-10(11)14/h1-2,5,10-11H,3-4,6,14H2. The zero-order valence-corrected chi connectivity index (χ0v) is 9.47. The monoisotopic (exact) mass is 245 g/mol. The Morgan fingerprint density at radius 3 is 2.81 bits per heavy atom. The molecule has 0 bridgehead atoms. The summed E-state index contributed by atoms with van der Waals surface area (Å²) in [5, 5.41) is 0.110. The van der Waals surface area contributed by atoms with Gasteiger partial charge in [0, 0.05) is 22.8 Å². The molecule has 88 valence electrons. The molecular weight excluding hydrogens is 232 g/mol. The minimum atomic E-state index is -0.825. The Morgan fingerprint density at radius 2 is 2.12 bits per heavy atom. The average molecular weight is 245 g/mol. The Labute approximate surface area is 97.2 Å². The minimum absolute atomic E-state index is 0.0480. The summed E-state index contributed by atoms with van der Waals surface area (Å²) in [7, 11) is 0. The van der Waals surface area contributed by atoms with Crippen LogP contribution in [-0.4, -0.2) is 24.5 Å². The lowest BCUT2D eigenvalue weighted by molar-refractivity contribution is 0.0916. The Bertz CT molecular complexity index is 375. The molecule has 2 rings (SSSR count). The number of hydrogen-bond acceptors (Lipinski definition) is 3. The number of hydrogen-bond donors (Lipinski definition) is 1. The van der Waals surface area contributed by atoms with E-state index in [4.69, 9.17) is 10.5 Å². The van der Waals surface area contributed by atoms with Crippen molar-refractivity contribution in [2.24, 2.45) is 5.73 Å². The van der Waals surface area contributed by atoms with Crippen LogP contribution in [0.5, 0.6) is 0 Å². The molecule has 0 aromatic heterocycles. The van der Waals surface area contributed by atoms with E-state index in [1.54, 1.807) is 6.07 Å².